The number of sulfone groups is 1. The third kappa shape index (κ3) is 3.56. The molecule has 0 heterocycles. The average Bonchev–Trinajstić information content (AvgIpc) is 2.86. The summed E-state index contributed by atoms with van der Waals surface area (Å²) in [5.74, 6) is -0.0907. The van der Waals surface area contributed by atoms with Crippen LogP contribution in [0.3, 0.4) is 0 Å². The minimum Gasteiger partial charge on any atom is -0.380 e. The fourth-order valence-electron chi connectivity index (χ4n) is 2.84. The Morgan fingerprint density at radius 2 is 1.90 bits per heavy atom. The second-order valence-electron chi connectivity index (χ2n) is 5.79. The lowest BCUT2D eigenvalue weighted by Crippen LogP contribution is -2.35. The Labute approximate surface area is 126 Å². The maximum atomic E-state index is 12.2. The molecule has 1 N–H and O–H groups in total. The van der Waals surface area contributed by atoms with Crippen molar-refractivity contribution in [3.63, 3.8) is 0 Å². The fraction of sp³-hybridized carbons (Fsp3) is 0.533. The van der Waals surface area contributed by atoms with Gasteiger partial charge in [0.2, 0.25) is 0 Å². The van der Waals surface area contributed by atoms with Crippen LogP contribution in [0.2, 0.25) is 0 Å². The Morgan fingerprint density at radius 3 is 2.52 bits per heavy atom. The number of anilines is 1. The van der Waals surface area contributed by atoms with Crippen molar-refractivity contribution in [1.29, 1.82) is 0 Å². The van der Waals surface area contributed by atoms with Crippen molar-refractivity contribution in [1.82, 2.24) is 4.90 Å². The van der Waals surface area contributed by atoms with Crippen LogP contribution in [0.25, 0.3) is 0 Å². The van der Waals surface area contributed by atoms with Crippen molar-refractivity contribution in [2.24, 2.45) is 0 Å². The lowest BCUT2D eigenvalue weighted by molar-refractivity contribution is 0.0828. The summed E-state index contributed by atoms with van der Waals surface area (Å²) in [7, 11) is 0.326. The number of nitrogens with one attached hydrogen (secondary N) is 1. The Hall–Kier alpha value is -1.56. The van der Waals surface area contributed by atoms with Gasteiger partial charge < -0.3 is 10.2 Å². The molecule has 116 valence electrons. The maximum absolute atomic E-state index is 12.2. The third-order valence-corrected chi connectivity index (χ3v) is 5.57. The molecule has 2 atom stereocenters. The van der Waals surface area contributed by atoms with Crippen molar-refractivity contribution in [2.45, 2.75) is 30.6 Å². The highest BCUT2D eigenvalue weighted by atomic mass is 32.2. The van der Waals surface area contributed by atoms with E-state index in [0.29, 0.717) is 17.7 Å². The summed E-state index contributed by atoms with van der Waals surface area (Å²) in [5, 5.41) is 2.90. The van der Waals surface area contributed by atoms with Gasteiger partial charge in [0, 0.05) is 32.1 Å². The van der Waals surface area contributed by atoms with Gasteiger partial charge in [-0.2, -0.15) is 0 Å². The average molecular weight is 310 g/mol. The normalized spacial score (nSPS) is 22.0. The van der Waals surface area contributed by atoms with Crippen molar-refractivity contribution in [2.75, 3.05) is 25.7 Å². The number of amides is 1. The lowest BCUT2D eigenvalue weighted by atomic mass is 10.1. The summed E-state index contributed by atoms with van der Waals surface area (Å²) in [4.78, 5) is 13.7. The summed E-state index contributed by atoms with van der Waals surface area (Å²) in [6.45, 7) is 0. The van der Waals surface area contributed by atoms with Crippen LogP contribution in [0.4, 0.5) is 5.69 Å². The van der Waals surface area contributed by atoms with Gasteiger partial charge in [-0.25, -0.2) is 8.42 Å². The summed E-state index contributed by atoms with van der Waals surface area (Å²) in [6, 6.07) is 7.11. The quantitative estimate of drug-likeness (QED) is 0.920. The van der Waals surface area contributed by atoms with Gasteiger partial charge in [0.15, 0.2) is 9.84 Å². The van der Waals surface area contributed by atoms with Gasteiger partial charge in [0.05, 0.1) is 10.8 Å². The molecule has 1 aromatic carbocycles. The standard InChI is InChI=1S/C15H22N2O3S/c1-17(2)15(18)11-7-4-5-8-12(11)16-13-9-6-10-14(13)21(3,19)20/h4-5,7-8,13-14,16H,6,9-10H2,1-3H3. The minimum absolute atomic E-state index is 0.0907. The van der Waals surface area contributed by atoms with Crippen molar-refractivity contribution < 1.29 is 13.2 Å². The van der Waals surface area contributed by atoms with Gasteiger partial charge in [0.1, 0.15) is 0 Å². The largest absolute Gasteiger partial charge is 0.380 e. The van der Waals surface area contributed by atoms with Gasteiger partial charge in [-0.1, -0.05) is 12.1 Å². The predicted octanol–water partition coefficient (Wildman–Crippen LogP) is 1.77. The van der Waals surface area contributed by atoms with Crippen molar-refractivity contribution in [3.8, 4) is 0 Å². The molecule has 0 bridgehead atoms. The van der Waals surface area contributed by atoms with E-state index in [1.807, 2.05) is 18.2 Å². The van der Waals surface area contributed by atoms with E-state index in [2.05, 4.69) is 5.32 Å². The molecule has 0 aromatic heterocycles. The van der Waals surface area contributed by atoms with E-state index in [0.717, 1.165) is 12.8 Å². The number of hydrogen-bond acceptors (Lipinski definition) is 4. The van der Waals surface area contributed by atoms with Gasteiger partial charge in [0.25, 0.3) is 5.91 Å². The Bertz CT molecular complexity index is 626. The second-order valence-corrected chi connectivity index (χ2v) is 8.06. The topological polar surface area (TPSA) is 66.5 Å². The fourth-order valence-corrected chi connectivity index (χ4v) is 4.24. The van der Waals surface area contributed by atoms with Gasteiger partial charge >= 0.3 is 0 Å². The molecule has 1 aromatic rings. The number of carbonyl (C=O) groups is 1. The molecule has 1 aliphatic carbocycles. The molecule has 21 heavy (non-hydrogen) atoms. The summed E-state index contributed by atoms with van der Waals surface area (Å²) in [5.41, 5.74) is 1.28. The summed E-state index contributed by atoms with van der Waals surface area (Å²) >= 11 is 0. The number of carbonyl (C=O) groups excluding carboxylic acids is 1. The first-order valence-corrected chi connectivity index (χ1v) is 9.02. The monoisotopic (exact) mass is 310 g/mol. The number of nitrogens with zero attached hydrogens (tertiary/aromatic N) is 1. The van der Waals surface area contributed by atoms with E-state index in [4.69, 9.17) is 0 Å². The second kappa shape index (κ2) is 6.05. The molecule has 0 spiro atoms. The van der Waals surface area contributed by atoms with Gasteiger partial charge in [-0.15, -0.1) is 0 Å². The SMILES string of the molecule is CN(C)C(=O)c1ccccc1NC1CCCC1S(C)(=O)=O. The maximum Gasteiger partial charge on any atom is 0.255 e. The predicted molar refractivity (Wildman–Crippen MR) is 84.4 cm³/mol. The van der Waals surface area contributed by atoms with Crippen molar-refractivity contribution >= 4 is 21.4 Å². The zero-order chi connectivity index (χ0) is 15.6. The van der Waals surface area contributed by atoms with E-state index in [-0.39, 0.29) is 17.2 Å². The highest BCUT2D eigenvalue weighted by Crippen LogP contribution is 2.29. The molecule has 0 radical (unpaired) electrons. The highest BCUT2D eigenvalue weighted by molar-refractivity contribution is 7.91. The smallest absolute Gasteiger partial charge is 0.255 e. The third-order valence-electron chi connectivity index (χ3n) is 3.91. The number of para-hydroxylation sites is 1. The molecule has 2 rings (SSSR count). The molecule has 1 amide bonds. The number of benzene rings is 1. The molecule has 1 saturated carbocycles. The van der Waals surface area contributed by atoms with E-state index in [1.165, 1.54) is 11.2 Å². The van der Waals surface area contributed by atoms with Crippen LogP contribution < -0.4 is 5.32 Å². The van der Waals surface area contributed by atoms with Crippen LogP contribution in [0.5, 0.6) is 0 Å². The first-order chi connectivity index (χ1) is 9.80. The molecular formula is C15H22N2O3S. The first-order valence-electron chi connectivity index (χ1n) is 7.07. The number of hydrogen-bond donors (Lipinski definition) is 1. The van der Waals surface area contributed by atoms with Crippen LogP contribution in [-0.4, -0.2) is 50.9 Å². The first kappa shape index (κ1) is 15.8. The Kier molecular flexibility index (Phi) is 4.56. The summed E-state index contributed by atoms with van der Waals surface area (Å²) in [6.07, 6.45) is 3.66. The molecule has 5 nitrogen and oxygen atoms in total. The van der Waals surface area contributed by atoms with Gasteiger partial charge in [-0.3, -0.25) is 4.79 Å². The molecule has 1 aliphatic rings. The van der Waals surface area contributed by atoms with E-state index in [1.54, 1.807) is 20.2 Å². The van der Waals surface area contributed by atoms with E-state index in [9.17, 15) is 13.2 Å². The minimum atomic E-state index is -3.08. The van der Waals surface area contributed by atoms with E-state index < -0.39 is 9.84 Å². The van der Waals surface area contributed by atoms with Gasteiger partial charge in [-0.05, 0) is 31.4 Å². The molecule has 1 fully saturated rings. The molecule has 2 unspecified atom stereocenters. The van der Waals surface area contributed by atoms with Crippen molar-refractivity contribution in [3.05, 3.63) is 29.8 Å². The van der Waals surface area contributed by atoms with Crippen LogP contribution in [0.1, 0.15) is 29.6 Å². The molecule has 0 aliphatic heterocycles. The Morgan fingerprint density at radius 1 is 1.24 bits per heavy atom. The molecule has 0 saturated heterocycles. The summed E-state index contributed by atoms with van der Waals surface area (Å²) < 4.78 is 23.7. The highest BCUT2D eigenvalue weighted by Gasteiger charge is 2.35. The van der Waals surface area contributed by atoms with Crippen LogP contribution in [0, 0.1) is 0 Å². The zero-order valence-corrected chi connectivity index (χ0v) is 13.5. The van der Waals surface area contributed by atoms with Crippen LogP contribution in [-0.2, 0) is 9.84 Å². The lowest BCUT2D eigenvalue weighted by Gasteiger charge is -2.23. The molecular weight excluding hydrogens is 288 g/mol. The molecule has 6 heteroatoms. The number of rotatable bonds is 4. The Balaban J connectivity index is 2.26. The van der Waals surface area contributed by atoms with Crippen LogP contribution >= 0.6 is 0 Å². The van der Waals surface area contributed by atoms with Crippen LogP contribution in [0.15, 0.2) is 24.3 Å². The zero-order valence-electron chi connectivity index (χ0n) is 12.7. The van der Waals surface area contributed by atoms with E-state index >= 15 is 0 Å².